The number of hydrogen-bond donors (Lipinski definition) is 1. The molecule has 1 aromatic carbocycles. The van der Waals surface area contributed by atoms with Crippen molar-refractivity contribution >= 4 is 34.2 Å². The van der Waals surface area contributed by atoms with E-state index in [0.717, 1.165) is 22.8 Å². The van der Waals surface area contributed by atoms with Crippen LogP contribution in [0.4, 0.5) is 0 Å². The lowest BCUT2D eigenvalue weighted by atomic mass is 10.00. The van der Waals surface area contributed by atoms with Crippen molar-refractivity contribution in [3.8, 4) is 0 Å². The number of halogens is 2. The molecule has 3 nitrogen and oxygen atoms in total. The second-order valence-electron chi connectivity index (χ2n) is 4.99. The van der Waals surface area contributed by atoms with Gasteiger partial charge in [0.25, 0.3) is 0 Å². The quantitative estimate of drug-likeness (QED) is 0.787. The second-order valence-corrected chi connectivity index (χ2v) is 6.45. The van der Waals surface area contributed by atoms with Crippen molar-refractivity contribution in [3.63, 3.8) is 0 Å². The van der Waals surface area contributed by atoms with Gasteiger partial charge >= 0.3 is 0 Å². The Kier molecular flexibility index (Phi) is 5.09. The van der Waals surface area contributed by atoms with Crippen LogP contribution in [0.15, 0.2) is 18.2 Å². The summed E-state index contributed by atoms with van der Waals surface area (Å²) in [6.07, 6.45) is 0.826. The van der Waals surface area contributed by atoms with Gasteiger partial charge in [-0.15, -0.1) is 0 Å². The van der Waals surface area contributed by atoms with Gasteiger partial charge in [0, 0.05) is 23.1 Å². The number of likely N-dealkylation sites (N-methyl/N-ethyl adjacent to an activating group) is 1. The summed E-state index contributed by atoms with van der Waals surface area (Å²) in [5.74, 6) is 0. The molecule has 0 aliphatic rings. The highest BCUT2D eigenvalue weighted by atomic mass is 127. The molecule has 0 radical (unpaired) electrons. The predicted octanol–water partition coefficient (Wildman–Crippen LogP) is 3.80. The molecular weight excluding hydrogens is 385 g/mol. The van der Waals surface area contributed by atoms with Crippen molar-refractivity contribution in [1.29, 1.82) is 0 Å². The van der Waals surface area contributed by atoms with E-state index in [1.165, 1.54) is 14.7 Å². The molecule has 0 aliphatic carbocycles. The molecule has 20 heavy (non-hydrogen) atoms. The maximum absolute atomic E-state index is 6.36. The zero-order valence-electron chi connectivity index (χ0n) is 12.2. The maximum Gasteiger partial charge on any atom is 0.0847 e. The van der Waals surface area contributed by atoms with Gasteiger partial charge in [0.15, 0.2) is 0 Å². The number of hydrogen-bond acceptors (Lipinski definition) is 2. The van der Waals surface area contributed by atoms with Crippen LogP contribution in [0.5, 0.6) is 0 Å². The van der Waals surface area contributed by atoms with Gasteiger partial charge in [0.05, 0.1) is 16.4 Å². The van der Waals surface area contributed by atoms with Crippen LogP contribution in [0.2, 0.25) is 5.02 Å². The molecule has 2 aromatic rings. The van der Waals surface area contributed by atoms with Gasteiger partial charge in [0.2, 0.25) is 0 Å². The maximum atomic E-state index is 6.36. The molecule has 1 N–H and O–H groups in total. The Morgan fingerprint density at radius 1 is 1.40 bits per heavy atom. The fraction of sp³-hybridized carbons (Fsp3) is 0.400. The number of nitrogens with zero attached hydrogens (tertiary/aromatic N) is 2. The monoisotopic (exact) mass is 403 g/mol. The van der Waals surface area contributed by atoms with Gasteiger partial charge in [0.1, 0.15) is 0 Å². The van der Waals surface area contributed by atoms with Gasteiger partial charge in [-0.1, -0.05) is 29.8 Å². The standard InChI is InChI=1S/C15H19ClIN3/c1-9-6-5-7-11(15(9)17)12(18-3)8-13-14(16)10(2)19-20(13)4/h5-7,12,18H,8H2,1-4H3. The molecule has 0 saturated heterocycles. The highest BCUT2D eigenvalue weighted by Crippen LogP contribution is 2.28. The number of rotatable bonds is 4. The lowest BCUT2D eigenvalue weighted by Crippen LogP contribution is -2.21. The number of aromatic nitrogens is 2. The van der Waals surface area contributed by atoms with E-state index in [1.807, 2.05) is 25.7 Å². The highest BCUT2D eigenvalue weighted by Gasteiger charge is 2.19. The van der Waals surface area contributed by atoms with Crippen LogP contribution in [0.25, 0.3) is 0 Å². The third-order valence-electron chi connectivity index (χ3n) is 3.60. The zero-order chi connectivity index (χ0) is 14.9. The first-order chi connectivity index (χ1) is 9.45. The molecule has 1 atom stereocenters. The Balaban J connectivity index is 2.36. The Morgan fingerprint density at radius 3 is 2.65 bits per heavy atom. The predicted molar refractivity (Wildman–Crippen MR) is 92.4 cm³/mol. The Bertz CT molecular complexity index is 622. The van der Waals surface area contributed by atoms with Gasteiger partial charge in [-0.2, -0.15) is 5.10 Å². The van der Waals surface area contributed by atoms with E-state index in [9.17, 15) is 0 Å². The zero-order valence-corrected chi connectivity index (χ0v) is 15.1. The summed E-state index contributed by atoms with van der Waals surface area (Å²) >= 11 is 8.77. The topological polar surface area (TPSA) is 29.9 Å². The van der Waals surface area contributed by atoms with E-state index in [4.69, 9.17) is 11.6 Å². The van der Waals surface area contributed by atoms with E-state index in [-0.39, 0.29) is 6.04 Å². The van der Waals surface area contributed by atoms with Crippen LogP contribution in [-0.2, 0) is 13.5 Å². The Hall–Kier alpha value is -0.590. The van der Waals surface area contributed by atoms with Gasteiger partial charge in [-0.3, -0.25) is 4.68 Å². The third kappa shape index (κ3) is 3.02. The second kappa shape index (κ2) is 6.45. The normalized spacial score (nSPS) is 12.7. The summed E-state index contributed by atoms with van der Waals surface area (Å²) in [7, 11) is 3.93. The van der Waals surface area contributed by atoms with Crippen molar-refractivity contribution in [3.05, 3.63) is 49.3 Å². The van der Waals surface area contributed by atoms with Crippen LogP contribution >= 0.6 is 34.2 Å². The molecule has 0 amide bonds. The van der Waals surface area contributed by atoms with E-state index in [0.29, 0.717) is 0 Å². The molecule has 1 heterocycles. The van der Waals surface area contributed by atoms with Crippen LogP contribution in [0.1, 0.15) is 28.6 Å². The molecule has 108 valence electrons. The van der Waals surface area contributed by atoms with Gasteiger partial charge in [-0.05, 0) is 54.6 Å². The molecule has 1 unspecified atom stereocenters. The van der Waals surface area contributed by atoms with Crippen molar-refractivity contribution in [2.45, 2.75) is 26.3 Å². The number of aryl methyl sites for hydroxylation is 3. The first-order valence-corrected chi connectivity index (χ1v) is 8.01. The molecule has 0 bridgehead atoms. The van der Waals surface area contributed by atoms with Gasteiger partial charge < -0.3 is 5.32 Å². The molecule has 0 fully saturated rings. The van der Waals surface area contributed by atoms with Crippen LogP contribution in [0, 0.1) is 17.4 Å². The lowest BCUT2D eigenvalue weighted by Gasteiger charge is -2.19. The fourth-order valence-corrected chi connectivity index (χ4v) is 3.37. The van der Waals surface area contributed by atoms with E-state index in [2.05, 4.69) is 58.1 Å². The Morgan fingerprint density at radius 2 is 2.10 bits per heavy atom. The summed E-state index contributed by atoms with van der Waals surface area (Å²) in [4.78, 5) is 0. The third-order valence-corrected chi connectivity index (χ3v) is 5.57. The summed E-state index contributed by atoms with van der Waals surface area (Å²) in [5.41, 5.74) is 4.57. The lowest BCUT2D eigenvalue weighted by molar-refractivity contribution is 0.559. The fourth-order valence-electron chi connectivity index (χ4n) is 2.40. The largest absolute Gasteiger partial charge is 0.313 e. The van der Waals surface area contributed by atoms with E-state index in [1.54, 1.807) is 0 Å². The van der Waals surface area contributed by atoms with Crippen molar-refractivity contribution in [2.75, 3.05) is 7.05 Å². The first-order valence-electron chi connectivity index (χ1n) is 6.56. The van der Waals surface area contributed by atoms with Crippen LogP contribution < -0.4 is 5.32 Å². The summed E-state index contributed by atoms with van der Waals surface area (Å²) in [5, 5.41) is 8.55. The minimum Gasteiger partial charge on any atom is -0.313 e. The molecule has 0 spiro atoms. The molecule has 0 aliphatic heterocycles. The minimum atomic E-state index is 0.231. The van der Waals surface area contributed by atoms with Crippen molar-refractivity contribution in [2.24, 2.45) is 7.05 Å². The molecule has 5 heteroatoms. The summed E-state index contributed by atoms with van der Waals surface area (Å²) < 4.78 is 3.18. The molecular formula is C15H19ClIN3. The van der Waals surface area contributed by atoms with Crippen molar-refractivity contribution in [1.82, 2.24) is 15.1 Å². The Labute approximate surface area is 138 Å². The van der Waals surface area contributed by atoms with Gasteiger partial charge in [-0.25, -0.2) is 0 Å². The summed E-state index contributed by atoms with van der Waals surface area (Å²) in [6, 6.07) is 6.65. The smallest absolute Gasteiger partial charge is 0.0847 e. The first kappa shape index (κ1) is 15.8. The average Bonchev–Trinajstić information content (AvgIpc) is 2.65. The number of nitrogens with one attached hydrogen (secondary N) is 1. The average molecular weight is 404 g/mol. The summed E-state index contributed by atoms with van der Waals surface area (Å²) in [6.45, 7) is 4.08. The van der Waals surface area contributed by atoms with E-state index >= 15 is 0 Å². The minimum absolute atomic E-state index is 0.231. The SMILES string of the molecule is CNC(Cc1c(Cl)c(C)nn1C)c1cccc(C)c1I. The van der Waals surface area contributed by atoms with Crippen LogP contribution in [0.3, 0.4) is 0 Å². The molecule has 0 saturated carbocycles. The highest BCUT2D eigenvalue weighted by molar-refractivity contribution is 14.1. The molecule has 2 rings (SSSR count). The molecule has 1 aromatic heterocycles. The van der Waals surface area contributed by atoms with Crippen molar-refractivity contribution < 1.29 is 0 Å². The van der Waals surface area contributed by atoms with Crippen LogP contribution in [-0.4, -0.2) is 16.8 Å². The van der Waals surface area contributed by atoms with E-state index < -0.39 is 0 Å². The number of benzene rings is 1.